The third kappa shape index (κ3) is 2.00. The molecule has 14 heavy (non-hydrogen) atoms. The Labute approximate surface area is 95.1 Å². The average molecular weight is 245 g/mol. The van der Waals surface area contributed by atoms with E-state index in [2.05, 4.69) is 10.4 Å². The molecule has 0 atom stereocenters. The van der Waals surface area contributed by atoms with E-state index in [9.17, 15) is 0 Å². The van der Waals surface area contributed by atoms with Crippen LogP contribution in [0.4, 0.5) is 0 Å². The number of rotatable bonds is 2. The van der Waals surface area contributed by atoms with Crippen LogP contribution in [-0.4, -0.2) is 4.98 Å². The summed E-state index contributed by atoms with van der Waals surface area (Å²) in [4.78, 5) is 3.92. The summed E-state index contributed by atoms with van der Waals surface area (Å²) in [7, 11) is 0. The first-order valence-electron chi connectivity index (χ1n) is 3.71. The highest BCUT2D eigenvalue weighted by Gasteiger charge is 2.07. The van der Waals surface area contributed by atoms with E-state index in [-0.39, 0.29) is 0 Å². The van der Waals surface area contributed by atoms with Gasteiger partial charge < -0.3 is 4.74 Å². The summed E-state index contributed by atoms with van der Waals surface area (Å²) in [5, 5.41) is 4.16. The van der Waals surface area contributed by atoms with E-state index in [0.29, 0.717) is 21.0 Å². The van der Waals surface area contributed by atoms with Crippen LogP contribution in [0.15, 0.2) is 24.4 Å². The standard InChI is InChI=1S/C9H4Cl2NOS/c10-6-2-1-3-7(8(6)11)13-9-12-4-5-14-9/h1-4H. The lowest BCUT2D eigenvalue weighted by molar-refractivity contribution is 0.479. The van der Waals surface area contributed by atoms with Crippen molar-refractivity contribution < 1.29 is 4.74 Å². The van der Waals surface area contributed by atoms with Crippen LogP contribution >= 0.6 is 34.5 Å². The van der Waals surface area contributed by atoms with Crippen LogP contribution in [0.2, 0.25) is 10.0 Å². The first-order chi connectivity index (χ1) is 6.77. The molecule has 2 aromatic rings. The molecule has 0 fully saturated rings. The molecule has 0 aliphatic heterocycles. The molecule has 0 amide bonds. The van der Waals surface area contributed by atoms with Gasteiger partial charge in [0.25, 0.3) is 5.19 Å². The van der Waals surface area contributed by atoms with Crippen molar-refractivity contribution in [1.29, 1.82) is 0 Å². The van der Waals surface area contributed by atoms with Crippen LogP contribution in [0.5, 0.6) is 10.9 Å². The summed E-state index contributed by atoms with van der Waals surface area (Å²) in [5.74, 6) is 0.502. The van der Waals surface area contributed by atoms with Gasteiger partial charge in [0.1, 0.15) is 10.8 Å². The van der Waals surface area contributed by atoms with E-state index < -0.39 is 0 Å². The number of ether oxygens (including phenoxy) is 1. The van der Waals surface area contributed by atoms with Gasteiger partial charge in [0.15, 0.2) is 0 Å². The van der Waals surface area contributed by atoms with E-state index in [1.54, 1.807) is 24.4 Å². The van der Waals surface area contributed by atoms with Gasteiger partial charge in [-0.05, 0) is 12.1 Å². The van der Waals surface area contributed by atoms with Crippen LogP contribution in [0.3, 0.4) is 0 Å². The highest BCUT2D eigenvalue weighted by atomic mass is 35.5. The highest BCUT2D eigenvalue weighted by molar-refractivity contribution is 7.10. The number of hydrogen-bond donors (Lipinski definition) is 0. The molecule has 0 aliphatic rings. The van der Waals surface area contributed by atoms with Crippen molar-refractivity contribution in [3.8, 4) is 10.9 Å². The minimum absolute atomic E-state index is 0.393. The average Bonchev–Trinajstić information content (AvgIpc) is 2.66. The topological polar surface area (TPSA) is 22.1 Å². The van der Waals surface area contributed by atoms with Gasteiger partial charge in [-0.1, -0.05) is 40.6 Å². The van der Waals surface area contributed by atoms with Crippen molar-refractivity contribution in [3.05, 3.63) is 39.8 Å². The molecule has 2 nitrogen and oxygen atoms in total. The molecule has 1 aromatic heterocycles. The lowest BCUT2D eigenvalue weighted by Gasteiger charge is -2.04. The lowest BCUT2D eigenvalue weighted by atomic mass is 10.3. The largest absolute Gasteiger partial charge is 0.429 e. The molecule has 0 N–H and O–H groups in total. The maximum absolute atomic E-state index is 5.92. The van der Waals surface area contributed by atoms with Crippen molar-refractivity contribution >= 4 is 34.5 Å². The predicted octanol–water partition coefficient (Wildman–Crippen LogP) is 4.04. The Morgan fingerprint density at radius 3 is 2.93 bits per heavy atom. The summed E-state index contributed by atoms with van der Waals surface area (Å²) in [6.07, 6.45) is 1.54. The summed E-state index contributed by atoms with van der Waals surface area (Å²) in [6, 6.07) is 5.20. The molecule has 71 valence electrons. The zero-order valence-corrected chi connectivity index (χ0v) is 9.16. The third-order valence-corrected chi connectivity index (χ3v) is 2.87. The molecule has 5 heteroatoms. The lowest BCUT2D eigenvalue weighted by Crippen LogP contribution is -1.84. The van der Waals surface area contributed by atoms with E-state index >= 15 is 0 Å². The summed E-state index contributed by atoms with van der Waals surface area (Å²) >= 11 is 13.0. The Morgan fingerprint density at radius 2 is 2.21 bits per heavy atom. The molecule has 0 unspecified atom stereocenters. The minimum atomic E-state index is 0.393. The van der Waals surface area contributed by atoms with Crippen molar-refractivity contribution in [2.24, 2.45) is 0 Å². The van der Waals surface area contributed by atoms with Gasteiger partial charge in [-0.25, -0.2) is 4.98 Å². The second-order valence-electron chi connectivity index (χ2n) is 2.40. The van der Waals surface area contributed by atoms with Crippen LogP contribution in [0.1, 0.15) is 0 Å². The zero-order valence-electron chi connectivity index (χ0n) is 6.83. The fourth-order valence-electron chi connectivity index (χ4n) is 0.886. The molecule has 1 radical (unpaired) electrons. The van der Waals surface area contributed by atoms with E-state index in [4.69, 9.17) is 27.9 Å². The van der Waals surface area contributed by atoms with E-state index in [1.807, 2.05) is 0 Å². The third-order valence-electron chi connectivity index (χ3n) is 1.48. The molecule has 1 aromatic carbocycles. The molecule has 0 aliphatic carbocycles. The first kappa shape index (κ1) is 9.77. The molecule has 0 spiro atoms. The Morgan fingerprint density at radius 1 is 1.36 bits per heavy atom. The molecule has 0 saturated heterocycles. The second kappa shape index (κ2) is 4.17. The predicted molar refractivity (Wildman–Crippen MR) is 57.5 cm³/mol. The Balaban J connectivity index is 2.29. The number of aromatic nitrogens is 1. The van der Waals surface area contributed by atoms with Crippen molar-refractivity contribution in [2.75, 3.05) is 0 Å². The van der Waals surface area contributed by atoms with Gasteiger partial charge >= 0.3 is 0 Å². The Kier molecular flexibility index (Phi) is 2.91. The smallest absolute Gasteiger partial charge is 0.279 e. The minimum Gasteiger partial charge on any atom is -0.429 e. The second-order valence-corrected chi connectivity index (χ2v) is 3.97. The van der Waals surface area contributed by atoms with Gasteiger partial charge in [-0.15, -0.1) is 0 Å². The fourth-order valence-corrected chi connectivity index (χ4v) is 1.66. The summed E-state index contributed by atoms with van der Waals surface area (Å²) < 4.78 is 5.39. The Bertz CT molecular complexity index is 430. The summed E-state index contributed by atoms with van der Waals surface area (Å²) in [5.41, 5.74) is 0. The number of hydrogen-bond acceptors (Lipinski definition) is 3. The van der Waals surface area contributed by atoms with Crippen LogP contribution < -0.4 is 4.74 Å². The SMILES string of the molecule is Clc1cccc(Oc2nc[c]s2)c1Cl. The van der Waals surface area contributed by atoms with E-state index in [0.717, 1.165) is 0 Å². The molecule has 1 heterocycles. The van der Waals surface area contributed by atoms with Crippen molar-refractivity contribution in [1.82, 2.24) is 4.98 Å². The van der Waals surface area contributed by atoms with Gasteiger partial charge in [-0.2, -0.15) is 0 Å². The fraction of sp³-hybridized carbons (Fsp3) is 0. The van der Waals surface area contributed by atoms with Crippen molar-refractivity contribution in [2.45, 2.75) is 0 Å². The molecular formula is C9H4Cl2NOS. The normalized spacial score (nSPS) is 10.1. The van der Waals surface area contributed by atoms with Crippen molar-refractivity contribution in [3.63, 3.8) is 0 Å². The van der Waals surface area contributed by atoms with Gasteiger partial charge in [0.05, 0.1) is 16.6 Å². The van der Waals surface area contributed by atoms with Gasteiger partial charge in [-0.3, -0.25) is 0 Å². The molecule has 0 saturated carbocycles. The molecule has 2 rings (SSSR count). The quantitative estimate of drug-likeness (QED) is 0.796. The first-order valence-corrected chi connectivity index (χ1v) is 5.28. The molecule has 0 bridgehead atoms. The molecular weight excluding hydrogens is 241 g/mol. The van der Waals surface area contributed by atoms with Gasteiger partial charge in [0.2, 0.25) is 0 Å². The number of benzene rings is 1. The van der Waals surface area contributed by atoms with E-state index in [1.165, 1.54) is 11.3 Å². The maximum atomic E-state index is 5.92. The van der Waals surface area contributed by atoms with Crippen LogP contribution in [-0.2, 0) is 0 Å². The monoisotopic (exact) mass is 244 g/mol. The summed E-state index contributed by atoms with van der Waals surface area (Å²) in [6.45, 7) is 0. The van der Waals surface area contributed by atoms with Crippen LogP contribution in [0.25, 0.3) is 0 Å². The zero-order chi connectivity index (χ0) is 9.97. The Hall–Kier alpha value is -0.770. The van der Waals surface area contributed by atoms with Gasteiger partial charge in [0, 0.05) is 0 Å². The highest BCUT2D eigenvalue weighted by Crippen LogP contribution is 2.34. The maximum Gasteiger partial charge on any atom is 0.279 e. The van der Waals surface area contributed by atoms with Crippen LogP contribution in [0, 0.1) is 5.38 Å². The number of halogens is 2. The number of nitrogens with zero attached hydrogens (tertiary/aromatic N) is 1. The number of thiazole rings is 1.